The summed E-state index contributed by atoms with van der Waals surface area (Å²) in [6.45, 7) is 11.9. The number of hydrogen-bond donors (Lipinski definition) is 1. The molecule has 3 heteroatoms. The third-order valence-electron chi connectivity index (χ3n) is 3.60. The van der Waals surface area contributed by atoms with Crippen molar-refractivity contribution in [2.24, 2.45) is 0 Å². The van der Waals surface area contributed by atoms with Gasteiger partial charge in [0.1, 0.15) is 0 Å². The van der Waals surface area contributed by atoms with Gasteiger partial charge in [-0.15, -0.1) is 0 Å². The van der Waals surface area contributed by atoms with Crippen molar-refractivity contribution in [2.45, 2.75) is 58.2 Å². The number of benzene rings is 1. The molecular formula is C15H25FOSi. The molecule has 102 valence electrons. The van der Waals surface area contributed by atoms with Gasteiger partial charge in [0.15, 0.2) is 0 Å². The number of rotatable bonds is 2. The van der Waals surface area contributed by atoms with E-state index in [-0.39, 0.29) is 16.7 Å². The van der Waals surface area contributed by atoms with Gasteiger partial charge in [-0.25, -0.2) is 0 Å². The van der Waals surface area contributed by atoms with Crippen molar-refractivity contribution >= 4 is 13.6 Å². The highest BCUT2D eigenvalue weighted by atomic mass is 28.4. The Balaban J connectivity index is 3.36. The number of aliphatic hydroxyl groups is 1. The highest BCUT2D eigenvalue weighted by Crippen LogP contribution is 2.51. The normalized spacial score (nSPS) is 13.8. The molecule has 18 heavy (non-hydrogen) atoms. The summed E-state index contributed by atoms with van der Waals surface area (Å²) in [6, 6.07) is 7.37. The Bertz CT molecular complexity index is 384. The molecule has 1 aromatic carbocycles. The third kappa shape index (κ3) is 2.52. The van der Waals surface area contributed by atoms with Gasteiger partial charge in [-0.3, -0.25) is 0 Å². The van der Waals surface area contributed by atoms with Crippen LogP contribution in [0, 0.1) is 0 Å². The lowest BCUT2D eigenvalue weighted by Gasteiger charge is -2.44. The van der Waals surface area contributed by atoms with E-state index in [0.717, 1.165) is 10.8 Å². The van der Waals surface area contributed by atoms with Crippen molar-refractivity contribution in [3.63, 3.8) is 0 Å². The molecule has 1 rings (SSSR count). The van der Waals surface area contributed by atoms with E-state index in [1.807, 2.05) is 65.8 Å². The van der Waals surface area contributed by atoms with Gasteiger partial charge in [-0.05, 0) is 20.8 Å². The Hall–Kier alpha value is -0.673. The summed E-state index contributed by atoms with van der Waals surface area (Å²) in [5, 5.41) is 9.18. The van der Waals surface area contributed by atoms with Gasteiger partial charge in [0.25, 0.3) is 8.41 Å². The van der Waals surface area contributed by atoms with E-state index in [9.17, 15) is 0 Å². The summed E-state index contributed by atoms with van der Waals surface area (Å²) in [6.07, 6.45) is 0. The molecule has 0 aromatic heterocycles. The first kappa shape index (κ1) is 15.4. The van der Waals surface area contributed by atoms with Crippen molar-refractivity contribution < 1.29 is 9.21 Å². The molecule has 0 saturated carbocycles. The van der Waals surface area contributed by atoms with E-state index in [1.54, 1.807) is 0 Å². The molecule has 0 aliphatic rings. The van der Waals surface area contributed by atoms with Gasteiger partial charge < -0.3 is 9.21 Å². The fourth-order valence-corrected chi connectivity index (χ4v) is 7.44. The maximum atomic E-state index is 15.8. The maximum absolute atomic E-state index is 15.8. The second-order valence-corrected chi connectivity index (χ2v) is 11.9. The average molecular weight is 268 g/mol. The Morgan fingerprint density at radius 3 is 1.61 bits per heavy atom. The predicted molar refractivity (Wildman–Crippen MR) is 78.3 cm³/mol. The van der Waals surface area contributed by atoms with Gasteiger partial charge in [0.2, 0.25) is 0 Å². The summed E-state index contributed by atoms with van der Waals surface area (Å²) in [7, 11) is -3.15. The molecular weight excluding hydrogens is 243 g/mol. The van der Waals surface area contributed by atoms with Crippen LogP contribution >= 0.6 is 0 Å². The van der Waals surface area contributed by atoms with E-state index in [1.165, 1.54) is 0 Å². The first-order valence-electron chi connectivity index (χ1n) is 6.43. The Morgan fingerprint density at radius 2 is 1.33 bits per heavy atom. The van der Waals surface area contributed by atoms with E-state index >= 15 is 4.11 Å². The number of aliphatic hydroxyl groups excluding tert-OH is 1. The first-order chi connectivity index (χ1) is 8.04. The van der Waals surface area contributed by atoms with Crippen LogP contribution in [0.5, 0.6) is 0 Å². The molecule has 0 atom stereocenters. The largest absolute Gasteiger partial charge is 0.392 e. The van der Waals surface area contributed by atoms with E-state index in [2.05, 4.69) is 0 Å². The predicted octanol–water partition coefficient (Wildman–Crippen LogP) is 3.90. The van der Waals surface area contributed by atoms with E-state index < -0.39 is 8.41 Å². The summed E-state index contributed by atoms with van der Waals surface area (Å²) in [4.78, 5) is 0. The van der Waals surface area contributed by atoms with Crippen LogP contribution < -0.4 is 5.19 Å². The lowest BCUT2D eigenvalue weighted by molar-refractivity contribution is 0.282. The minimum atomic E-state index is -3.15. The monoisotopic (exact) mass is 268 g/mol. The van der Waals surface area contributed by atoms with E-state index in [0.29, 0.717) is 0 Å². The second kappa shape index (κ2) is 4.78. The summed E-state index contributed by atoms with van der Waals surface area (Å²) >= 11 is 0. The third-order valence-corrected chi connectivity index (χ3v) is 8.86. The van der Waals surface area contributed by atoms with Crippen molar-refractivity contribution in [2.75, 3.05) is 0 Å². The lowest BCUT2D eigenvalue weighted by atomic mass is 10.2. The van der Waals surface area contributed by atoms with Crippen molar-refractivity contribution in [1.82, 2.24) is 0 Å². The maximum Gasteiger partial charge on any atom is 0.288 e. The van der Waals surface area contributed by atoms with E-state index in [4.69, 9.17) is 5.11 Å². The molecule has 1 aromatic rings. The second-order valence-electron chi connectivity index (χ2n) is 7.01. The molecule has 1 N–H and O–H groups in total. The standard InChI is InChI=1S/C15H25FOSi/c1-14(2,3)18(16,15(4,5)6)13-9-7-12(11-17)8-10-13/h7-10,17H,11H2,1-6H3. The number of hydrogen-bond acceptors (Lipinski definition) is 1. The van der Waals surface area contributed by atoms with Gasteiger partial charge in [0, 0.05) is 0 Å². The Morgan fingerprint density at radius 1 is 0.944 bits per heavy atom. The number of halogens is 1. The van der Waals surface area contributed by atoms with Crippen molar-refractivity contribution in [3.05, 3.63) is 29.8 Å². The van der Waals surface area contributed by atoms with Crippen molar-refractivity contribution in [1.29, 1.82) is 0 Å². The SMILES string of the molecule is CC(C)(C)[Si](F)(c1ccc(CO)cc1)C(C)(C)C. The zero-order chi connectivity index (χ0) is 14.2. The van der Waals surface area contributed by atoms with Crippen LogP contribution in [0.15, 0.2) is 24.3 Å². The highest BCUT2D eigenvalue weighted by molar-refractivity contribution is 6.90. The molecule has 0 spiro atoms. The minimum absolute atomic E-state index is 0.00611. The zero-order valence-electron chi connectivity index (χ0n) is 12.3. The van der Waals surface area contributed by atoms with Crippen LogP contribution in [0.2, 0.25) is 10.1 Å². The van der Waals surface area contributed by atoms with Gasteiger partial charge in [0.05, 0.1) is 6.61 Å². The Labute approximate surface area is 111 Å². The van der Waals surface area contributed by atoms with Gasteiger partial charge in [-0.1, -0.05) is 65.8 Å². The zero-order valence-corrected chi connectivity index (χ0v) is 13.3. The molecule has 0 saturated heterocycles. The lowest BCUT2D eigenvalue weighted by Crippen LogP contribution is -2.57. The fourth-order valence-electron chi connectivity index (χ4n) is 2.83. The van der Waals surface area contributed by atoms with Crippen LogP contribution in [0.3, 0.4) is 0 Å². The molecule has 0 unspecified atom stereocenters. The van der Waals surface area contributed by atoms with Crippen LogP contribution in [-0.2, 0) is 6.61 Å². The molecule has 0 aliphatic carbocycles. The molecule has 0 fully saturated rings. The molecule has 1 nitrogen and oxygen atoms in total. The van der Waals surface area contributed by atoms with Gasteiger partial charge >= 0.3 is 0 Å². The minimum Gasteiger partial charge on any atom is -0.392 e. The van der Waals surface area contributed by atoms with Crippen LogP contribution in [0.25, 0.3) is 0 Å². The van der Waals surface area contributed by atoms with Crippen LogP contribution in [-0.4, -0.2) is 13.5 Å². The van der Waals surface area contributed by atoms with Gasteiger partial charge in [-0.2, -0.15) is 0 Å². The molecule has 0 amide bonds. The van der Waals surface area contributed by atoms with Crippen LogP contribution in [0.4, 0.5) is 4.11 Å². The summed E-state index contributed by atoms with van der Waals surface area (Å²) in [5.74, 6) is 0. The molecule has 0 bridgehead atoms. The summed E-state index contributed by atoms with van der Waals surface area (Å²) < 4.78 is 15.8. The van der Waals surface area contributed by atoms with Crippen molar-refractivity contribution in [3.8, 4) is 0 Å². The summed E-state index contributed by atoms with van der Waals surface area (Å²) in [5.41, 5.74) is 0.831. The highest BCUT2D eigenvalue weighted by Gasteiger charge is 2.56. The molecule has 0 aliphatic heterocycles. The average Bonchev–Trinajstić information content (AvgIpc) is 2.25. The van der Waals surface area contributed by atoms with Crippen LogP contribution in [0.1, 0.15) is 47.1 Å². The fraction of sp³-hybridized carbons (Fsp3) is 0.600. The molecule has 0 heterocycles. The first-order valence-corrected chi connectivity index (χ1v) is 8.31. The Kier molecular flexibility index (Phi) is 4.09. The smallest absolute Gasteiger partial charge is 0.288 e. The molecule has 0 radical (unpaired) electrons. The quantitative estimate of drug-likeness (QED) is 0.637. The topological polar surface area (TPSA) is 20.2 Å².